The van der Waals surface area contributed by atoms with Crippen molar-refractivity contribution in [1.29, 1.82) is 0 Å². The molecule has 4 N–H and O–H groups in total. The van der Waals surface area contributed by atoms with Gasteiger partial charge in [-0.25, -0.2) is 0 Å². The highest BCUT2D eigenvalue weighted by Crippen LogP contribution is 2.31. The molecule has 4 aromatic rings. The van der Waals surface area contributed by atoms with Gasteiger partial charge in [-0.15, -0.1) is 0 Å². The van der Waals surface area contributed by atoms with Crippen LogP contribution < -0.4 is 20.7 Å². The van der Waals surface area contributed by atoms with Gasteiger partial charge in [0.1, 0.15) is 11.4 Å². The molecule has 0 atom stereocenters. The predicted molar refractivity (Wildman–Crippen MR) is 140 cm³/mol. The Morgan fingerprint density at radius 3 is 2.46 bits per heavy atom. The van der Waals surface area contributed by atoms with Gasteiger partial charge in [0.05, 0.1) is 11.4 Å². The Morgan fingerprint density at radius 2 is 1.70 bits per heavy atom. The molecular weight excluding hydrogens is 478 g/mol. The van der Waals surface area contributed by atoms with E-state index in [1.165, 1.54) is 12.1 Å². The zero-order valence-electron chi connectivity index (χ0n) is 20.1. The Bertz CT molecular complexity index is 1360. The molecule has 7 nitrogen and oxygen atoms in total. The summed E-state index contributed by atoms with van der Waals surface area (Å²) in [5.74, 6) is -0.396. The first kappa shape index (κ1) is 25.7. The second-order valence-corrected chi connectivity index (χ2v) is 8.47. The number of aromatic amines is 1. The second kappa shape index (κ2) is 12.0. The topological polar surface area (TPSA) is 100 Å². The molecule has 0 radical (unpaired) electrons. The molecule has 1 aromatic heterocycles. The monoisotopic (exact) mass is 506 g/mol. The van der Waals surface area contributed by atoms with Crippen molar-refractivity contribution in [3.8, 4) is 5.75 Å². The lowest BCUT2D eigenvalue weighted by atomic mass is 10.1. The van der Waals surface area contributed by atoms with Crippen LogP contribution in [0.25, 0.3) is 10.9 Å². The lowest BCUT2D eigenvalue weighted by Crippen LogP contribution is -2.26. The maximum atomic E-state index is 13.1. The lowest BCUT2D eigenvalue weighted by molar-refractivity contribution is -0.118. The first-order chi connectivity index (χ1) is 17.9. The molecule has 4 rings (SSSR count). The zero-order valence-corrected chi connectivity index (χ0v) is 20.1. The largest absolute Gasteiger partial charge is 0.434 e. The average molecular weight is 507 g/mol. The number of alkyl halides is 2. The van der Waals surface area contributed by atoms with Crippen molar-refractivity contribution < 1.29 is 23.1 Å². The summed E-state index contributed by atoms with van der Waals surface area (Å²) >= 11 is 0. The van der Waals surface area contributed by atoms with Gasteiger partial charge in [-0.2, -0.15) is 8.78 Å². The second-order valence-electron chi connectivity index (χ2n) is 8.47. The van der Waals surface area contributed by atoms with Crippen LogP contribution in [0.15, 0.2) is 78.9 Å². The van der Waals surface area contributed by atoms with E-state index in [0.717, 1.165) is 12.1 Å². The van der Waals surface area contributed by atoms with Gasteiger partial charge in [-0.3, -0.25) is 14.5 Å². The maximum Gasteiger partial charge on any atom is 0.387 e. The van der Waals surface area contributed by atoms with Crippen LogP contribution in [0.2, 0.25) is 0 Å². The molecule has 0 unspecified atom stereocenters. The highest BCUT2D eigenvalue weighted by atomic mass is 19.3. The van der Waals surface area contributed by atoms with Crippen LogP contribution in [0.4, 0.5) is 25.8 Å². The molecule has 0 saturated carbocycles. The van der Waals surface area contributed by atoms with Gasteiger partial charge in [0.25, 0.3) is 5.91 Å². The fraction of sp³-hybridized carbons (Fsp3) is 0.214. The smallest absolute Gasteiger partial charge is 0.387 e. The predicted octanol–water partition coefficient (Wildman–Crippen LogP) is 6.01. The van der Waals surface area contributed by atoms with Crippen molar-refractivity contribution in [2.75, 3.05) is 17.2 Å². The third-order valence-electron chi connectivity index (χ3n) is 5.88. The van der Waals surface area contributed by atoms with Crippen LogP contribution in [-0.4, -0.2) is 30.0 Å². The minimum Gasteiger partial charge on any atom is -0.434 e. The van der Waals surface area contributed by atoms with Gasteiger partial charge in [-0.05, 0) is 55.3 Å². The van der Waals surface area contributed by atoms with Crippen LogP contribution in [0.3, 0.4) is 0 Å². The molecule has 2 amide bonds. The maximum absolute atomic E-state index is 13.1. The number of rotatable bonds is 11. The number of hydrogen-bond acceptors (Lipinski definition) is 4. The number of hydrogen-bond donors (Lipinski definition) is 3. The number of nitrogens with zero attached hydrogens (tertiary/aromatic N) is 1. The number of fused-ring (bicyclic) bond motifs is 1. The van der Waals surface area contributed by atoms with E-state index in [9.17, 15) is 18.4 Å². The minimum atomic E-state index is -2.95. The number of aromatic nitrogens is 1. The van der Waals surface area contributed by atoms with Crippen LogP contribution in [-0.2, 0) is 4.79 Å². The van der Waals surface area contributed by atoms with Crippen LogP contribution in [0.1, 0.15) is 36.2 Å². The number of H-pyrrole nitrogens is 1. The molecule has 0 fully saturated rings. The van der Waals surface area contributed by atoms with Crippen molar-refractivity contribution in [2.24, 2.45) is 0 Å². The van der Waals surface area contributed by atoms with Crippen LogP contribution in [0.5, 0.6) is 5.75 Å². The highest BCUT2D eigenvalue weighted by Gasteiger charge is 2.19. The summed E-state index contributed by atoms with van der Waals surface area (Å²) in [6.07, 6.45) is 2.38. The Morgan fingerprint density at radius 1 is 0.946 bits per heavy atom. The zero-order chi connectivity index (χ0) is 26.2. The molecule has 0 spiro atoms. The summed E-state index contributed by atoms with van der Waals surface area (Å²) in [5, 5.41) is 3.23. The summed E-state index contributed by atoms with van der Waals surface area (Å²) in [5.41, 5.74) is 8.85. The van der Waals surface area contributed by atoms with Crippen molar-refractivity contribution in [3.05, 3.63) is 84.6 Å². The van der Waals surface area contributed by atoms with Crippen molar-refractivity contribution in [1.82, 2.24) is 10.3 Å². The summed E-state index contributed by atoms with van der Waals surface area (Å²) < 4.78 is 29.8. The number of carbonyl (C=O) groups is 2. The van der Waals surface area contributed by atoms with Gasteiger partial charge in [0.15, 0.2) is 0 Å². The van der Waals surface area contributed by atoms with Crippen molar-refractivity contribution in [3.63, 3.8) is 0 Å². The molecule has 9 heteroatoms. The van der Waals surface area contributed by atoms with Crippen LogP contribution >= 0.6 is 0 Å². The first-order valence-corrected chi connectivity index (χ1v) is 12.0. The Kier molecular flexibility index (Phi) is 8.35. The van der Waals surface area contributed by atoms with Crippen molar-refractivity contribution >= 4 is 39.8 Å². The van der Waals surface area contributed by atoms with E-state index in [0.29, 0.717) is 48.1 Å². The number of para-hydroxylation sites is 3. The van der Waals surface area contributed by atoms with Gasteiger partial charge in [0, 0.05) is 29.6 Å². The quantitative estimate of drug-likeness (QED) is 0.171. The number of nitrogens with one attached hydrogen (secondary N) is 2. The summed E-state index contributed by atoms with van der Waals surface area (Å²) in [6.45, 7) is -2.54. The average Bonchev–Trinajstić information content (AvgIpc) is 3.33. The molecule has 0 bridgehead atoms. The molecule has 0 aliphatic rings. The number of benzene rings is 3. The molecule has 37 heavy (non-hydrogen) atoms. The molecular formula is C28H28F2N4O3. The number of amides is 2. The van der Waals surface area contributed by atoms with Gasteiger partial charge < -0.3 is 20.8 Å². The number of nitrogens with two attached hydrogens (primary N) is 1. The van der Waals surface area contributed by atoms with E-state index in [4.69, 9.17) is 5.73 Å². The number of unbranched alkanes of at least 4 members (excludes halogenated alkanes) is 2. The first-order valence-electron chi connectivity index (χ1n) is 12.0. The molecule has 0 aliphatic carbocycles. The van der Waals surface area contributed by atoms with E-state index in [1.807, 2.05) is 48.5 Å². The van der Waals surface area contributed by atoms with E-state index in [2.05, 4.69) is 15.0 Å². The van der Waals surface area contributed by atoms with Gasteiger partial charge in [-0.1, -0.05) is 42.8 Å². The number of ether oxygens (including phenoxy) is 1. The number of nitrogen functional groups attached to an aromatic ring is 1. The van der Waals surface area contributed by atoms with Gasteiger partial charge >= 0.3 is 6.61 Å². The molecule has 0 saturated heterocycles. The third kappa shape index (κ3) is 6.43. The van der Waals surface area contributed by atoms with Crippen LogP contribution in [0, 0.1) is 0 Å². The van der Waals surface area contributed by atoms with E-state index in [-0.39, 0.29) is 23.3 Å². The standard InChI is InChI=1S/C28H28F2N4O3/c29-28(30)37-25-15-9-13-22-20(25)18-23(33-22)27(36)32-17-8-2-5-16-26(35)34(19-10-3-1-4-11-19)24-14-7-6-12-21(24)31/h1,3-4,6-7,9-15,18,28,33H,2,5,8,16-17,31H2,(H,32,36). The Balaban J connectivity index is 1.28. The normalized spacial score (nSPS) is 11.0. The fourth-order valence-electron chi connectivity index (χ4n) is 4.12. The minimum absolute atomic E-state index is 0.00859. The summed E-state index contributed by atoms with van der Waals surface area (Å²) in [4.78, 5) is 30.2. The Labute approximate surface area is 213 Å². The highest BCUT2D eigenvalue weighted by molar-refractivity contribution is 6.03. The number of halogens is 2. The summed E-state index contributed by atoms with van der Waals surface area (Å²) in [6, 6.07) is 22.8. The van der Waals surface area contributed by atoms with E-state index < -0.39 is 6.61 Å². The molecule has 3 aromatic carbocycles. The fourth-order valence-corrected chi connectivity index (χ4v) is 4.12. The van der Waals surface area contributed by atoms with E-state index in [1.54, 1.807) is 23.1 Å². The molecule has 1 heterocycles. The van der Waals surface area contributed by atoms with Crippen molar-refractivity contribution in [2.45, 2.75) is 32.3 Å². The Hall–Kier alpha value is -4.40. The number of carbonyl (C=O) groups excluding carboxylic acids is 2. The SMILES string of the molecule is Nc1ccccc1N(C(=O)CCCCCNC(=O)c1cc2c(OC(F)F)cccc2[nH]1)c1ccccc1. The van der Waals surface area contributed by atoms with Gasteiger partial charge in [0.2, 0.25) is 5.91 Å². The summed E-state index contributed by atoms with van der Waals surface area (Å²) in [7, 11) is 0. The number of anilines is 3. The lowest BCUT2D eigenvalue weighted by Gasteiger charge is -2.24. The molecule has 0 aliphatic heterocycles. The van der Waals surface area contributed by atoms with E-state index >= 15 is 0 Å². The third-order valence-corrected chi connectivity index (χ3v) is 5.88. The molecule has 192 valence electrons.